The lowest BCUT2D eigenvalue weighted by Gasteiger charge is -2.40. The topological polar surface area (TPSA) is 70.1 Å². The van der Waals surface area contributed by atoms with Crippen LogP contribution in [0.25, 0.3) is 0 Å². The molecule has 1 fully saturated rings. The number of sulfonamides is 1. The molecule has 1 saturated heterocycles. The van der Waals surface area contributed by atoms with Gasteiger partial charge in [-0.15, -0.1) is 0 Å². The fraction of sp³-hybridized carbons (Fsp3) is 0.500. The Hall–Kier alpha value is -2.09. The van der Waals surface area contributed by atoms with Crippen LogP contribution in [0.4, 0.5) is 0 Å². The smallest absolute Gasteiger partial charge is 0.212 e. The van der Waals surface area contributed by atoms with E-state index in [2.05, 4.69) is 11.8 Å². The summed E-state index contributed by atoms with van der Waals surface area (Å²) >= 11 is 0. The molecule has 2 heterocycles. The Morgan fingerprint density at radius 1 is 1.13 bits per heavy atom. The number of rotatable bonds is 7. The van der Waals surface area contributed by atoms with E-state index < -0.39 is 16.1 Å². The van der Waals surface area contributed by atoms with Gasteiger partial charge in [-0.1, -0.05) is 31.5 Å². The zero-order valence-corrected chi connectivity index (χ0v) is 19.3. The van der Waals surface area contributed by atoms with Crippen LogP contribution in [-0.4, -0.2) is 61.3 Å². The molecule has 31 heavy (non-hydrogen) atoms. The van der Waals surface area contributed by atoms with Gasteiger partial charge < -0.3 is 9.84 Å². The Labute approximate surface area is 185 Å². The molecule has 0 amide bonds. The molecule has 4 rings (SSSR count). The standard InChI is InChI=1S/C24H32N2O4S/c1-4-18-15-25(16-18)11-12-30-22-8-5-19(6-9-22)24-23-10-7-21(27)14-20(23)13-17(2)26(24)31(3,28)29/h5-10,14,17-18,24,27H,4,11-13,15-16H2,1-3H3/t17-,24-/m0/s1. The predicted molar refractivity (Wildman–Crippen MR) is 122 cm³/mol. The Kier molecular flexibility index (Phi) is 6.28. The second kappa shape index (κ2) is 8.81. The highest BCUT2D eigenvalue weighted by molar-refractivity contribution is 7.88. The summed E-state index contributed by atoms with van der Waals surface area (Å²) in [5.41, 5.74) is 2.79. The molecule has 0 aromatic heterocycles. The maximum atomic E-state index is 12.7. The highest BCUT2D eigenvalue weighted by atomic mass is 32.2. The van der Waals surface area contributed by atoms with E-state index in [1.54, 1.807) is 16.4 Å². The third-order valence-corrected chi connectivity index (χ3v) is 7.83. The van der Waals surface area contributed by atoms with E-state index in [1.807, 2.05) is 37.3 Å². The van der Waals surface area contributed by atoms with Gasteiger partial charge in [0, 0.05) is 25.7 Å². The minimum absolute atomic E-state index is 0.200. The lowest BCUT2D eigenvalue weighted by molar-refractivity contribution is 0.0806. The van der Waals surface area contributed by atoms with Crippen LogP contribution in [0.1, 0.15) is 43.0 Å². The van der Waals surface area contributed by atoms with Crippen LogP contribution < -0.4 is 4.74 Å². The van der Waals surface area contributed by atoms with E-state index in [1.165, 1.54) is 12.7 Å². The molecule has 7 heteroatoms. The lowest BCUT2D eigenvalue weighted by Crippen LogP contribution is -2.47. The van der Waals surface area contributed by atoms with Crippen LogP contribution in [-0.2, 0) is 16.4 Å². The van der Waals surface area contributed by atoms with Crippen LogP contribution in [0.2, 0.25) is 0 Å². The monoisotopic (exact) mass is 444 g/mol. The molecule has 0 spiro atoms. The van der Waals surface area contributed by atoms with Crippen molar-refractivity contribution in [1.29, 1.82) is 0 Å². The van der Waals surface area contributed by atoms with E-state index in [0.717, 1.165) is 48.0 Å². The third kappa shape index (κ3) is 4.73. The Morgan fingerprint density at radius 3 is 2.48 bits per heavy atom. The van der Waals surface area contributed by atoms with Crippen molar-refractivity contribution in [2.24, 2.45) is 5.92 Å². The highest BCUT2D eigenvalue weighted by Gasteiger charge is 2.38. The molecule has 1 N–H and O–H groups in total. The first-order chi connectivity index (χ1) is 14.8. The van der Waals surface area contributed by atoms with Crippen LogP contribution in [0.3, 0.4) is 0 Å². The molecular weight excluding hydrogens is 412 g/mol. The van der Waals surface area contributed by atoms with Gasteiger partial charge in [0.05, 0.1) is 12.3 Å². The lowest BCUT2D eigenvalue weighted by atomic mass is 9.87. The molecule has 2 aromatic rings. The van der Waals surface area contributed by atoms with Crippen molar-refractivity contribution in [3.63, 3.8) is 0 Å². The summed E-state index contributed by atoms with van der Waals surface area (Å²) in [5, 5.41) is 9.91. The molecule has 2 atom stereocenters. The van der Waals surface area contributed by atoms with Gasteiger partial charge in [-0.05, 0) is 60.2 Å². The van der Waals surface area contributed by atoms with E-state index in [4.69, 9.17) is 4.74 Å². The Bertz CT molecular complexity index is 1020. The number of likely N-dealkylation sites (tertiary alicyclic amines) is 1. The van der Waals surface area contributed by atoms with Crippen molar-refractivity contribution < 1.29 is 18.3 Å². The van der Waals surface area contributed by atoms with E-state index in [0.29, 0.717) is 13.0 Å². The van der Waals surface area contributed by atoms with E-state index in [9.17, 15) is 13.5 Å². The van der Waals surface area contributed by atoms with Crippen molar-refractivity contribution >= 4 is 10.0 Å². The first-order valence-corrected chi connectivity index (χ1v) is 12.9. The zero-order chi connectivity index (χ0) is 22.2. The summed E-state index contributed by atoms with van der Waals surface area (Å²) in [4.78, 5) is 2.41. The van der Waals surface area contributed by atoms with Crippen molar-refractivity contribution in [2.45, 2.75) is 38.8 Å². The summed E-state index contributed by atoms with van der Waals surface area (Å²) in [7, 11) is -3.43. The van der Waals surface area contributed by atoms with Gasteiger partial charge in [-0.2, -0.15) is 4.31 Å². The Morgan fingerprint density at radius 2 is 1.84 bits per heavy atom. The van der Waals surface area contributed by atoms with Crippen LogP contribution in [0.15, 0.2) is 42.5 Å². The normalized spacial score (nSPS) is 22.7. The van der Waals surface area contributed by atoms with Gasteiger partial charge >= 0.3 is 0 Å². The number of phenolic OH excluding ortho intramolecular Hbond substituents is 1. The second-order valence-electron chi connectivity index (χ2n) is 8.88. The predicted octanol–water partition coefficient (Wildman–Crippen LogP) is 3.41. The molecule has 0 saturated carbocycles. The fourth-order valence-corrected chi connectivity index (χ4v) is 6.18. The average Bonchev–Trinajstić information content (AvgIpc) is 2.68. The number of hydrogen-bond acceptors (Lipinski definition) is 5. The SMILES string of the molecule is CCC1CN(CCOc2ccc([C@H]3c4ccc(O)cc4C[C@H](C)N3S(C)(=O)=O)cc2)C1. The van der Waals surface area contributed by atoms with Crippen LogP contribution in [0.5, 0.6) is 11.5 Å². The van der Waals surface area contributed by atoms with Crippen molar-refractivity contribution in [2.75, 3.05) is 32.5 Å². The molecule has 0 radical (unpaired) electrons. The summed E-state index contributed by atoms with van der Waals surface area (Å²) in [6, 6.07) is 12.3. The number of phenols is 1. The van der Waals surface area contributed by atoms with Gasteiger partial charge in [-0.25, -0.2) is 8.42 Å². The van der Waals surface area contributed by atoms with Crippen molar-refractivity contribution in [3.05, 3.63) is 59.2 Å². The molecular formula is C24H32N2O4S. The number of ether oxygens (including phenoxy) is 1. The summed E-state index contributed by atoms with van der Waals surface area (Å²) in [6.07, 6.45) is 3.08. The summed E-state index contributed by atoms with van der Waals surface area (Å²) in [5.74, 6) is 1.82. The molecule has 0 unspecified atom stereocenters. The molecule has 0 bridgehead atoms. The van der Waals surface area contributed by atoms with Gasteiger partial charge in [0.1, 0.15) is 18.1 Å². The molecule has 2 aliphatic heterocycles. The van der Waals surface area contributed by atoms with E-state index in [-0.39, 0.29) is 11.8 Å². The fourth-order valence-electron chi connectivity index (χ4n) is 4.84. The summed E-state index contributed by atoms with van der Waals surface area (Å²) in [6.45, 7) is 8.05. The molecule has 168 valence electrons. The minimum Gasteiger partial charge on any atom is -0.508 e. The van der Waals surface area contributed by atoms with Crippen molar-refractivity contribution in [1.82, 2.24) is 9.21 Å². The van der Waals surface area contributed by atoms with Gasteiger partial charge in [0.25, 0.3) is 0 Å². The first kappa shape index (κ1) is 22.1. The largest absolute Gasteiger partial charge is 0.508 e. The number of fused-ring (bicyclic) bond motifs is 1. The van der Waals surface area contributed by atoms with Crippen LogP contribution >= 0.6 is 0 Å². The first-order valence-electron chi connectivity index (χ1n) is 11.0. The molecule has 2 aromatic carbocycles. The maximum Gasteiger partial charge on any atom is 0.212 e. The quantitative estimate of drug-likeness (QED) is 0.709. The van der Waals surface area contributed by atoms with Gasteiger partial charge in [-0.3, -0.25) is 4.90 Å². The van der Waals surface area contributed by atoms with Gasteiger partial charge in [0.15, 0.2) is 0 Å². The van der Waals surface area contributed by atoms with Gasteiger partial charge in [0.2, 0.25) is 10.0 Å². The minimum atomic E-state index is -3.43. The number of hydrogen-bond donors (Lipinski definition) is 1. The highest BCUT2D eigenvalue weighted by Crippen LogP contribution is 2.40. The number of aromatic hydroxyl groups is 1. The Balaban J connectivity index is 1.52. The average molecular weight is 445 g/mol. The summed E-state index contributed by atoms with van der Waals surface area (Å²) < 4.78 is 32.8. The van der Waals surface area contributed by atoms with E-state index >= 15 is 0 Å². The molecule has 0 aliphatic carbocycles. The number of nitrogens with zero attached hydrogens (tertiary/aromatic N) is 2. The maximum absolute atomic E-state index is 12.7. The van der Waals surface area contributed by atoms with Crippen LogP contribution in [0, 0.1) is 5.92 Å². The second-order valence-corrected chi connectivity index (χ2v) is 10.8. The zero-order valence-electron chi connectivity index (χ0n) is 18.5. The third-order valence-electron chi connectivity index (χ3n) is 6.49. The number of benzene rings is 2. The molecule has 6 nitrogen and oxygen atoms in total. The molecule has 2 aliphatic rings. The van der Waals surface area contributed by atoms with Crippen molar-refractivity contribution in [3.8, 4) is 11.5 Å².